The van der Waals surface area contributed by atoms with Gasteiger partial charge in [-0.3, -0.25) is 4.79 Å². The first kappa shape index (κ1) is 18.7. The smallest absolute Gasteiger partial charge is 0.314 e. The van der Waals surface area contributed by atoms with E-state index in [0.29, 0.717) is 32.7 Å². The molecule has 0 aromatic carbocycles. The SMILES string of the molecule is CCOCCCNC(=O)NCCC(C)(C)CCC(=O)O. The van der Waals surface area contributed by atoms with Crippen LogP contribution in [0.5, 0.6) is 0 Å². The van der Waals surface area contributed by atoms with Crippen molar-refractivity contribution in [2.45, 2.75) is 46.5 Å². The lowest BCUT2D eigenvalue weighted by Crippen LogP contribution is -2.38. The van der Waals surface area contributed by atoms with Crippen LogP contribution in [0.1, 0.15) is 46.5 Å². The number of aliphatic carboxylic acids is 1. The first-order valence-electron chi connectivity index (χ1n) is 7.18. The van der Waals surface area contributed by atoms with Crippen molar-refractivity contribution in [2.75, 3.05) is 26.3 Å². The number of amides is 2. The number of carboxylic acid groups (broad SMARTS) is 1. The predicted molar refractivity (Wildman–Crippen MR) is 77.8 cm³/mol. The van der Waals surface area contributed by atoms with Gasteiger partial charge in [-0.1, -0.05) is 13.8 Å². The van der Waals surface area contributed by atoms with Gasteiger partial charge >= 0.3 is 12.0 Å². The summed E-state index contributed by atoms with van der Waals surface area (Å²) >= 11 is 0. The Morgan fingerprint density at radius 3 is 2.40 bits per heavy atom. The normalized spacial score (nSPS) is 11.2. The number of urea groups is 1. The summed E-state index contributed by atoms with van der Waals surface area (Å²) in [4.78, 5) is 22.0. The Kier molecular flexibility index (Phi) is 9.80. The van der Waals surface area contributed by atoms with Crippen molar-refractivity contribution in [3.63, 3.8) is 0 Å². The molecule has 0 fully saturated rings. The Morgan fingerprint density at radius 1 is 1.15 bits per heavy atom. The second kappa shape index (κ2) is 10.5. The summed E-state index contributed by atoms with van der Waals surface area (Å²) in [7, 11) is 0. The molecule has 3 N–H and O–H groups in total. The first-order valence-corrected chi connectivity index (χ1v) is 7.18. The van der Waals surface area contributed by atoms with Gasteiger partial charge < -0.3 is 20.5 Å². The minimum Gasteiger partial charge on any atom is -0.481 e. The Morgan fingerprint density at radius 2 is 1.80 bits per heavy atom. The van der Waals surface area contributed by atoms with Gasteiger partial charge in [-0.25, -0.2) is 4.79 Å². The molecule has 0 radical (unpaired) electrons. The van der Waals surface area contributed by atoms with Gasteiger partial charge in [0.2, 0.25) is 0 Å². The topological polar surface area (TPSA) is 87.7 Å². The van der Waals surface area contributed by atoms with Gasteiger partial charge in [-0.2, -0.15) is 0 Å². The predicted octanol–water partition coefficient (Wildman–Crippen LogP) is 1.99. The molecule has 0 saturated heterocycles. The summed E-state index contributed by atoms with van der Waals surface area (Å²) in [5.74, 6) is -0.780. The molecule has 2 amide bonds. The zero-order chi connectivity index (χ0) is 15.4. The fourth-order valence-electron chi connectivity index (χ4n) is 1.67. The molecule has 0 rings (SSSR count). The third-order valence-corrected chi connectivity index (χ3v) is 3.06. The summed E-state index contributed by atoms with van der Waals surface area (Å²) in [5.41, 5.74) is -0.0827. The summed E-state index contributed by atoms with van der Waals surface area (Å²) < 4.78 is 5.17. The van der Waals surface area contributed by atoms with E-state index in [2.05, 4.69) is 10.6 Å². The molecular formula is C14H28N2O4. The first-order chi connectivity index (χ1) is 9.37. The van der Waals surface area contributed by atoms with E-state index < -0.39 is 5.97 Å². The second-order valence-corrected chi connectivity index (χ2v) is 5.54. The highest BCUT2D eigenvalue weighted by atomic mass is 16.5. The van der Waals surface area contributed by atoms with Crippen molar-refractivity contribution in [3.05, 3.63) is 0 Å². The average molecular weight is 288 g/mol. The standard InChI is InChI=1S/C14H28N2O4/c1-4-20-11-5-9-15-13(19)16-10-8-14(2,3)7-6-12(17)18/h4-11H2,1-3H3,(H,17,18)(H2,15,16,19). The zero-order valence-electron chi connectivity index (χ0n) is 12.8. The van der Waals surface area contributed by atoms with E-state index >= 15 is 0 Å². The van der Waals surface area contributed by atoms with Crippen LogP contribution in [-0.2, 0) is 9.53 Å². The molecule has 0 saturated carbocycles. The molecule has 118 valence electrons. The zero-order valence-corrected chi connectivity index (χ0v) is 12.8. The largest absolute Gasteiger partial charge is 0.481 e. The van der Waals surface area contributed by atoms with E-state index in [-0.39, 0.29) is 17.9 Å². The van der Waals surface area contributed by atoms with Crippen LogP contribution in [0.4, 0.5) is 4.79 Å². The molecule has 6 heteroatoms. The lowest BCUT2D eigenvalue weighted by Gasteiger charge is -2.23. The van der Waals surface area contributed by atoms with Crippen LogP contribution in [0.25, 0.3) is 0 Å². The second-order valence-electron chi connectivity index (χ2n) is 5.54. The number of carboxylic acids is 1. The molecule has 20 heavy (non-hydrogen) atoms. The van der Waals surface area contributed by atoms with Crippen LogP contribution in [0, 0.1) is 5.41 Å². The minimum atomic E-state index is -0.780. The number of ether oxygens (including phenoxy) is 1. The molecule has 6 nitrogen and oxygen atoms in total. The van der Waals surface area contributed by atoms with Gasteiger partial charge in [-0.15, -0.1) is 0 Å². The van der Waals surface area contributed by atoms with Gasteiger partial charge in [0, 0.05) is 32.7 Å². The molecular weight excluding hydrogens is 260 g/mol. The molecule has 0 aliphatic rings. The molecule has 0 aliphatic carbocycles. The van der Waals surface area contributed by atoms with Crippen LogP contribution >= 0.6 is 0 Å². The van der Waals surface area contributed by atoms with Gasteiger partial charge in [0.05, 0.1) is 0 Å². The van der Waals surface area contributed by atoms with Crippen molar-refractivity contribution in [1.82, 2.24) is 10.6 Å². The van der Waals surface area contributed by atoms with Crippen LogP contribution in [0.15, 0.2) is 0 Å². The fraction of sp³-hybridized carbons (Fsp3) is 0.857. The Labute approximate surface area is 121 Å². The van der Waals surface area contributed by atoms with Crippen LogP contribution in [-0.4, -0.2) is 43.4 Å². The fourth-order valence-corrected chi connectivity index (χ4v) is 1.67. The Bertz CT molecular complexity index is 293. The van der Waals surface area contributed by atoms with Crippen molar-refractivity contribution < 1.29 is 19.4 Å². The summed E-state index contributed by atoms with van der Waals surface area (Å²) in [6, 6.07) is -0.185. The number of nitrogens with one attached hydrogen (secondary N) is 2. The summed E-state index contributed by atoms with van der Waals surface area (Å²) in [6.45, 7) is 8.44. The lowest BCUT2D eigenvalue weighted by molar-refractivity contribution is -0.137. The number of rotatable bonds is 11. The van der Waals surface area contributed by atoms with Crippen LogP contribution < -0.4 is 10.6 Å². The molecule has 0 spiro atoms. The van der Waals surface area contributed by atoms with Crippen molar-refractivity contribution >= 4 is 12.0 Å². The highest BCUT2D eigenvalue weighted by molar-refractivity contribution is 5.73. The van der Waals surface area contributed by atoms with Gasteiger partial charge in [0.25, 0.3) is 0 Å². The maximum absolute atomic E-state index is 11.5. The maximum atomic E-state index is 11.5. The number of hydrogen-bond donors (Lipinski definition) is 3. The van der Waals surface area contributed by atoms with E-state index in [0.717, 1.165) is 12.8 Å². The molecule has 0 aliphatic heterocycles. The lowest BCUT2D eigenvalue weighted by atomic mass is 9.84. The van der Waals surface area contributed by atoms with Gasteiger partial charge in [0.1, 0.15) is 0 Å². The van der Waals surface area contributed by atoms with E-state index in [1.807, 2.05) is 20.8 Å². The highest BCUT2D eigenvalue weighted by Crippen LogP contribution is 2.25. The molecule has 0 aromatic rings. The van der Waals surface area contributed by atoms with E-state index in [1.54, 1.807) is 0 Å². The van der Waals surface area contributed by atoms with Crippen molar-refractivity contribution in [3.8, 4) is 0 Å². The van der Waals surface area contributed by atoms with Crippen LogP contribution in [0.2, 0.25) is 0 Å². The van der Waals surface area contributed by atoms with E-state index in [4.69, 9.17) is 9.84 Å². The summed E-state index contributed by atoms with van der Waals surface area (Å²) in [5, 5.41) is 14.2. The summed E-state index contributed by atoms with van der Waals surface area (Å²) in [6.07, 6.45) is 2.33. The quantitative estimate of drug-likeness (QED) is 0.507. The van der Waals surface area contributed by atoms with E-state index in [1.165, 1.54) is 0 Å². The van der Waals surface area contributed by atoms with Gasteiger partial charge in [0.15, 0.2) is 0 Å². The van der Waals surface area contributed by atoms with Crippen molar-refractivity contribution in [2.24, 2.45) is 5.41 Å². The molecule has 0 aromatic heterocycles. The highest BCUT2D eigenvalue weighted by Gasteiger charge is 2.19. The van der Waals surface area contributed by atoms with Crippen LogP contribution in [0.3, 0.4) is 0 Å². The number of carbonyl (C=O) groups excluding carboxylic acids is 1. The molecule has 0 heterocycles. The van der Waals surface area contributed by atoms with Crippen molar-refractivity contribution in [1.29, 1.82) is 0 Å². The third-order valence-electron chi connectivity index (χ3n) is 3.06. The van der Waals surface area contributed by atoms with E-state index in [9.17, 15) is 9.59 Å². The third kappa shape index (κ3) is 11.8. The minimum absolute atomic E-state index is 0.0827. The number of carbonyl (C=O) groups is 2. The molecule has 0 atom stereocenters. The average Bonchev–Trinajstić information content (AvgIpc) is 2.36. The Hall–Kier alpha value is -1.30. The monoisotopic (exact) mass is 288 g/mol. The Balaban J connectivity index is 3.61. The maximum Gasteiger partial charge on any atom is 0.314 e. The molecule has 0 unspecified atom stereocenters. The molecule has 0 bridgehead atoms. The van der Waals surface area contributed by atoms with Gasteiger partial charge in [-0.05, 0) is 31.6 Å². The number of hydrogen-bond acceptors (Lipinski definition) is 3.